The second-order valence-corrected chi connectivity index (χ2v) is 7.23. The summed E-state index contributed by atoms with van der Waals surface area (Å²) in [5.74, 6) is 1.03. The van der Waals surface area contributed by atoms with E-state index in [0.717, 1.165) is 32.0 Å². The minimum absolute atomic E-state index is 0.119. The summed E-state index contributed by atoms with van der Waals surface area (Å²) in [6.07, 6.45) is 11.0. The molecule has 1 amide bonds. The molecule has 3 aliphatic rings. The van der Waals surface area contributed by atoms with Gasteiger partial charge in [0, 0.05) is 31.0 Å². The summed E-state index contributed by atoms with van der Waals surface area (Å²) >= 11 is 0. The molecule has 4 rings (SSSR count). The number of nitrogens with one attached hydrogen (secondary N) is 1. The molecule has 22 heavy (non-hydrogen) atoms. The summed E-state index contributed by atoms with van der Waals surface area (Å²) in [6.45, 7) is 4.12. The molecule has 1 unspecified atom stereocenters. The van der Waals surface area contributed by atoms with Crippen molar-refractivity contribution in [1.29, 1.82) is 0 Å². The molecule has 120 valence electrons. The van der Waals surface area contributed by atoms with Gasteiger partial charge in [0.2, 0.25) is 5.91 Å². The average Bonchev–Trinajstić information content (AvgIpc) is 3.30. The first-order valence-corrected chi connectivity index (χ1v) is 8.80. The van der Waals surface area contributed by atoms with Crippen molar-refractivity contribution < 1.29 is 4.79 Å². The standard InChI is InChI=1S/C17H26N4O/c22-17(14-1-2-16-10-18-12-21(16)11-14)19-9-13-5-7-20(8-6-13)15-3-4-15/h10,12-15H,1-9,11H2,(H,19,22). The van der Waals surface area contributed by atoms with E-state index in [-0.39, 0.29) is 11.8 Å². The summed E-state index contributed by atoms with van der Waals surface area (Å²) < 4.78 is 2.13. The van der Waals surface area contributed by atoms with E-state index in [1.165, 1.54) is 44.5 Å². The predicted octanol–water partition coefficient (Wildman–Crippen LogP) is 1.44. The van der Waals surface area contributed by atoms with E-state index < -0.39 is 0 Å². The molecule has 2 aliphatic heterocycles. The van der Waals surface area contributed by atoms with Crippen LogP contribution in [0.4, 0.5) is 0 Å². The zero-order valence-corrected chi connectivity index (χ0v) is 13.2. The summed E-state index contributed by atoms with van der Waals surface area (Å²) in [5, 5.41) is 3.21. The van der Waals surface area contributed by atoms with E-state index in [2.05, 4.69) is 19.8 Å². The molecule has 0 bridgehead atoms. The lowest BCUT2D eigenvalue weighted by atomic mass is 9.94. The first kappa shape index (κ1) is 14.2. The number of aryl methyl sites for hydroxylation is 1. The minimum Gasteiger partial charge on any atom is -0.356 e. The average molecular weight is 302 g/mol. The fourth-order valence-electron chi connectivity index (χ4n) is 3.94. The van der Waals surface area contributed by atoms with Crippen molar-refractivity contribution in [3.63, 3.8) is 0 Å². The van der Waals surface area contributed by atoms with Crippen LogP contribution >= 0.6 is 0 Å². The molecule has 1 aromatic heterocycles. The van der Waals surface area contributed by atoms with Crippen molar-refractivity contribution in [3.05, 3.63) is 18.2 Å². The Bertz CT molecular complexity index is 529. The molecule has 0 spiro atoms. The van der Waals surface area contributed by atoms with Gasteiger partial charge in [-0.3, -0.25) is 4.79 Å². The number of hydrogen-bond donors (Lipinski definition) is 1. The Morgan fingerprint density at radius 3 is 2.82 bits per heavy atom. The van der Waals surface area contributed by atoms with Crippen molar-refractivity contribution >= 4 is 5.91 Å². The zero-order chi connectivity index (χ0) is 14.9. The maximum Gasteiger partial charge on any atom is 0.224 e. The van der Waals surface area contributed by atoms with E-state index in [0.29, 0.717) is 5.92 Å². The fourth-order valence-corrected chi connectivity index (χ4v) is 3.94. The van der Waals surface area contributed by atoms with Crippen LogP contribution in [0.2, 0.25) is 0 Å². The number of imidazole rings is 1. The number of amides is 1. The van der Waals surface area contributed by atoms with Crippen molar-refractivity contribution in [2.75, 3.05) is 19.6 Å². The van der Waals surface area contributed by atoms with Gasteiger partial charge >= 0.3 is 0 Å². The van der Waals surface area contributed by atoms with Gasteiger partial charge in [0.15, 0.2) is 0 Å². The third-order valence-corrected chi connectivity index (χ3v) is 5.61. The van der Waals surface area contributed by atoms with Crippen molar-refractivity contribution in [1.82, 2.24) is 19.8 Å². The topological polar surface area (TPSA) is 50.2 Å². The smallest absolute Gasteiger partial charge is 0.224 e. The second-order valence-electron chi connectivity index (χ2n) is 7.23. The molecule has 1 aliphatic carbocycles. The lowest BCUT2D eigenvalue weighted by molar-refractivity contribution is -0.126. The number of nitrogens with zero attached hydrogens (tertiary/aromatic N) is 3. The number of carbonyl (C=O) groups is 1. The highest BCUT2D eigenvalue weighted by Crippen LogP contribution is 2.30. The molecular formula is C17H26N4O. The Kier molecular flexibility index (Phi) is 3.90. The molecule has 1 aromatic rings. The maximum atomic E-state index is 12.4. The van der Waals surface area contributed by atoms with E-state index in [1.807, 2.05) is 12.5 Å². The first-order chi connectivity index (χ1) is 10.8. The highest BCUT2D eigenvalue weighted by Gasteiger charge is 2.32. The minimum atomic E-state index is 0.119. The molecule has 5 nitrogen and oxygen atoms in total. The Hall–Kier alpha value is -1.36. The quantitative estimate of drug-likeness (QED) is 0.915. The van der Waals surface area contributed by atoms with Crippen LogP contribution in [-0.4, -0.2) is 46.0 Å². The lowest BCUT2D eigenvalue weighted by Gasteiger charge is -2.32. The Morgan fingerprint density at radius 2 is 2.05 bits per heavy atom. The van der Waals surface area contributed by atoms with Gasteiger partial charge < -0.3 is 14.8 Å². The van der Waals surface area contributed by atoms with E-state index >= 15 is 0 Å². The van der Waals surface area contributed by atoms with Crippen LogP contribution in [0.15, 0.2) is 12.5 Å². The van der Waals surface area contributed by atoms with Gasteiger partial charge in [0.05, 0.1) is 12.2 Å². The van der Waals surface area contributed by atoms with E-state index in [9.17, 15) is 4.79 Å². The zero-order valence-electron chi connectivity index (χ0n) is 13.2. The van der Waals surface area contributed by atoms with Gasteiger partial charge in [-0.15, -0.1) is 0 Å². The molecule has 0 radical (unpaired) electrons. The Morgan fingerprint density at radius 1 is 1.23 bits per heavy atom. The summed E-state index contributed by atoms with van der Waals surface area (Å²) in [4.78, 5) is 19.2. The highest BCUT2D eigenvalue weighted by atomic mass is 16.1. The number of piperidine rings is 1. The largest absolute Gasteiger partial charge is 0.356 e. The molecular weight excluding hydrogens is 276 g/mol. The number of aromatic nitrogens is 2. The van der Waals surface area contributed by atoms with Gasteiger partial charge in [-0.2, -0.15) is 0 Å². The fraction of sp³-hybridized carbons (Fsp3) is 0.765. The summed E-state index contributed by atoms with van der Waals surface area (Å²) in [5.41, 5.74) is 1.26. The third kappa shape index (κ3) is 3.05. The van der Waals surface area contributed by atoms with Gasteiger partial charge in [-0.1, -0.05) is 0 Å². The van der Waals surface area contributed by atoms with Crippen molar-refractivity contribution in [3.8, 4) is 0 Å². The van der Waals surface area contributed by atoms with Crippen LogP contribution < -0.4 is 5.32 Å². The van der Waals surface area contributed by atoms with Crippen LogP contribution in [0.1, 0.15) is 37.8 Å². The molecule has 3 heterocycles. The molecule has 0 aromatic carbocycles. The van der Waals surface area contributed by atoms with Crippen LogP contribution in [0.25, 0.3) is 0 Å². The molecule has 1 atom stereocenters. The van der Waals surface area contributed by atoms with Gasteiger partial charge in [0.25, 0.3) is 0 Å². The number of rotatable bonds is 4. The molecule has 2 fully saturated rings. The summed E-state index contributed by atoms with van der Waals surface area (Å²) in [6, 6.07) is 0.891. The van der Waals surface area contributed by atoms with Gasteiger partial charge in [0.1, 0.15) is 0 Å². The number of fused-ring (bicyclic) bond motifs is 1. The van der Waals surface area contributed by atoms with Crippen molar-refractivity contribution in [2.45, 2.75) is 51.1 Å². The lowest BCUT2D eigenvalue weighted by Crippen LogP contribution is -2.42. The predicted molar refractivity (Wildman–Crippen MR) is 84.4 cm³/mol. The van der Waals surface area contributed by atoms with Crippen LogP contribution in [0.5, 0.6) is 0 Å². The SMILES string of the molecule is O=C(NCC1CCN(C2CC2)CC1)C1CCc2cncn2C1. The Balaban J connectivity index is 1.22. The van der Waals surface area contributed by atoms with Crippen molar-refractivity contribution in [2.24, 2.45) is 11.8 Å². The molecule has 5 heteroatoms. The molecule has 1 N–H and O–H groups in total. The highest BCUT2D eigenvalue weighted by molar-refractivity contribution is 5.78. The number of hydrogen-bond acceptors (Lipinski definition) is 3. The third-order valence-electron chi connectivity index (χ3n) is 5.61. The van der Waals surface area contributed by atoms with Crippen LogP contribution in [-0.2, 0) is 17.8 Å². The molecule has 1 saturated heterocycles. The van der Waals surface area contributed by atoms with Crippen LogP contribution in [0.3, 0.4) is 0 Å². The van der Waals surface area contributed by atoms with E-state index in [1.54, 1.807) is 0 Å². The number of carbonyl (C=O) groups excluding carboxylic acids is 1. The van der Waals surface area contributed by atoms with E-state index in [4.69, 9.17) is 0 Å². The first-order valence-electron chi connectivity index (χ1n) is 8.80. The maximum absolute atomic E-state index is 12.4. The van der Waals surface area contributed by atoms with Crippen LogP contribution in [0, 0.1) is 11.8 Å². The monoisotopic (exact) mass is 302 g/mol. The normalized spacial score (nSPS) is 26.6. The molecule has 1 saturated carbocycles. The van der Waals surface area contributed by atoms with Gasteiger partial charge in [-0.25, -0.2) is 4.98 Å². The summed E-state index contributed by atoms with van der Waals surface area (Å²) in [7, 11) is 0. The number of likely N-dealkylation sites (tertiary alicyclic amines) is 1. The van der Waals surface area contributed by atoms with Gasteiger partial charge in [-0.05, 0) is 57.5 Å². The Labute approximate surface area is 132 Å². The second kappa shape index (κ2) is 6.03.